The van der Waals surface area contributed by atoms with Crippen molar-refractivity contribution in [1.82, 2.24) is 9.97 Å². The van der Waals surface area contributed by atoms with E-state index in [1.165, 1.54) is 38.6 Å². The summed E-state index contributed by atoms with van der Waals surface area (Å²) >= 11 is 0. The van der Waals surface area contributed by atoms with Crippen molar-refractivity contribution in [2.24, 2.45) is 0 Å². The van der Waals surface area contributed by atoms with Gasteiger partial charge in [0.05, 0.1) is 22.1 Å². The van der Waals surface area contributed by atoms with Gasteiger partial charge in [-0.05, 0) is 98.8 Å². The third kappa shape index (κ3) is 4.24. The summed E-state index contributed by atoms with van der Waals surface area (Å²) in [6.45, 7) is 0. The molecule has 54 heavy (non-hydrogen) atoms. The van der Waals surface area contributed by atoms with E-state index in [0.29, 0.717) is 11.6 Å². The van der Waals surface area contributed by atoms with Gasteiger partial charge in [0.25, 0.3) is 22.8 Å². The number of fused-ring (bicyclic) bond motifs is 9. The molecule has 1 aliphatic carbocycles. The van der Waals surface area contributed by atoms with E-state index < -0.39 is 0 Å². The lowest BCUT2D eigenvalue weighted by Gasteiger charge is -2.10. The third-order valence-corrected chi connectivity index (χ3v) is 11.0. The Kier molecular flexibility index (Phi) is 5.99. The Morgan fingerprint density at radius 3 is 2.07 bits per heavy atom. The number of hydrogen-bond acceptors (Lipinski definition) is 3. The molecule has 250 valence electrons. The zero-order valence-electron chi connectivity index (χ0n) is 28.8. The van der Waals surface area contributed by atoms with Crippen LogP contribution in [0.5, 0.6) is 0 Å². The average Bonchev–Trinajstić information content (AvgIpc) is 3.91. The van der Waals surface area contributed by atoms with Crippen LogP contribution in [0, 0.1) is 0 Å². The maximum Gasteiger partial charge on any atom is 0.308 e. The highest BCUT2D eigenvalue weighted by molar-refractivity contribution is 6.19. The van der Waals surface area contributed by atoms with Gasteiger partial charge >= 0.3 is 5.82 Å². The minimum atomic E-state index is 0.638. The highest BCUT2D eigenvalue weighted by Crippen LogP contribution is 2.51. The Bertz CT molecular complexity index is 3330. The topological polar surface area (TPSA) is 65.9 Å². The molecule has 5 nitrogen and oxygen atoms in total. The van der Waals surface area contributed by atoms with E-state index in [0.717, 1.165) is 72.0 Å². The monoisotopic (exact) mass is 691 g/mol. The lowest BCUT2D eigenvalue weighted by atomic mass is 9.92. The number of para-hydroxylation sites is 1. The molecule has 3 heterocycles. The van der Waals surface area contributed by atoms with Gasteiger partial charge < -0.3 is 8.83 Å². The number of hydrogen-bond donors (Lipinski definition) is 0. The maximum absolute atomic E-state index is 6.28. The molecular weight excluding hydrogens is 663 g/mol. The lowest BCUT2D eigenvalue weighted by Crippen LogP contribution is -2.17. The van der Waals surface area contributed by atoms with Crippen molar-refractivity contribution < 1.29 is 13.8 Å². The lowest BCUT2D eigenvalue weighted by molar-refractivity contribution is -0.359. The van der Waals surface area contributed by atoms with Gasteiger partial charge in [-0.15, -0.1) is 0 Å². The van der Waals surface area contributed by atoms with E-state index in [-0.39, 0.29) is 0 Å². The normalized spacial score (nSPS) is 12.1. The number of H-pyrrole nitrogens is 1. The number of aromatic amines is 1. The fourth-order valence-corrected chi connectivity index (χ4v) is 8.58. The van der Waals surface area contributed by atoms with Gasteiger partial charge in [-0.1, -0.05) is 107 Å². The summed E-state index contributed by atoms with van der Waals surface area (Å²) in [5.41, 5.74) is 13.9. The molecule has 2 N–H and O–H groups in total. The summed E-state index contributed by atoms with van der Waals surface area (Å²) < 4.78 is 11.4. The van der Waals surface area contributed by atoms with Crippen molar-refractivity contribution in [3.05, 3.63) is 164 Å². The Balaban J connectivity index is 1.06. The summed E-state index contributed by atoms with van der Waals surface area (Å²) in [6.07, 6.45) is 0. The van der Waals surface area contributed by atoms with Crippen LogP contribution in [0.1, 0.15) is 0 Å². The Morgan fingerprint density at radius 2 is 1.15 bits per heavy atom. The van der Waals surface area contributed by atoms with Crippen LogP contribution in [0.15, 0.2) is 173 Å². The van der Waals surface area contributed by atoms with E-state index in [2.05, 4.69) is 132 Å². The number of nitrogens with zero attached hydrogens (tertiary/aromatic N) is 2. The first-order valence-corrected chi connectivity index (χ1v) is 18.2. The zero-order chi connectivity index (χ0) is 35.3. The van der Waals surface area contributed by atoms with Gasteiger partial charge in [0.15, 0.2) is 0 Å². The zero-order valence-corrected chi connectivity index (χ0v) is 28.8. The first-order chi connectivity index (χ1) is 26.7. The molecule has 8 aromatic carbocycles. The molecule has 0 fully saturated rings. The SMILES string of the molecule is c1ccc(-c2nc(-c3ccc4c(c3)oc3ccccc34)[nH+]c(-c3cccc4[oH+]c5ccc(-c6cccc7c6-c6cccc8cccc-7c68)cc5c34)n2)cc1. The Morgan fingerprint density at radius 1 is 0.426 bits per heavy atom. The van der Waals surface area contributed by atoms with Crippen LogP contribution in [-0.4, -0.2) is 9.97 Å². The standard InChI is InChI=1S/C49H27N3O2/c1-2-10-29(11-3-1)47-50-48(31-22-24-34-33-14-4-5-20-40(33)54-43(34)27-31)52-49(51-47)38-19-9-21-42-46(38)39-26-30(23-25-41(39)53-42)32-15-8-17-36-35-16-6-12-28-13-7-18-37(44(28)35)45(32)36/h1-27H/p+2. The van der Waals surface area contributed by atoms with Crippen LogP contribution in [-0.2, 0) is 0 Å². The van der Waals surface area contributed by atoms with E-state index >= 15 is 0 Å². The maximum atomic E-state index is 6.28. The molecule has 5 heteroatoms. The molecule has 12 rings (SSSR count). The molecule has 0 unspecified atom stereocenters. The van der Waals surface area contributed by atoms with Gasteiger partial charge in [-0.3, -0.25) is 0 Å². The van der Waals surface area contributed by atoms with E-state index in [1.54, 1.807) is 0 Å². The minimum Gasteiger partial charge on any atom is -0.545 e. The van der Waals surface area contributed by atoms with Crippen LogP contribution in [0.2, 0.25) is 0 Å². The molecule has 0 radical (unpaired) electrons. The number of furan rings is 2. The van der Waals surface area contributed by atoms with Crippen molar-refractivity contribution in [3.63, 3.8) is 0 Å². The van der Waals surface area contributed by atoms with Crippen molar-refractivity contribution in [2.75, 3.05) is 0 Å². The molecule has 3 aromatic heterocycles. The number of benzene rings is 8. The van der Waals surface area contributed by atoms with E-state index in [9.17, 15) is 0 Å². The fraction of sp³-hybridized carbons (Fsp3) is 0. The minimum absolute atomic E-state index is 0.638. The summed E-state index contributed by atoms with van der Waals surface area (Å²) in [4.78, 5) is 13.9. The van der Waals surface area contributed by atoms with Crippen LogP contribution in [0.3, 0.4) is 0 Å². The van der Waals surface area contributed by atoms with E-state index in [1.807, 2.05) is 36.4 Å². The number of aromatic nitrogens is 3. The Labute approximate surface area is 308 Å². The molecule has 0 amide bonds. The van der Waals surface area contributed by atoms with E-state index in [4.69, 9.17) is 18.8 Å². The van der Waals surface area contributed by atoms with Crippen molar-refractivity contribution in [2.45, 2.75) is 0 Å². The Hall–Kier alpha value is -7.37. The number of rotatable bonds is 4. The highest BCUT2D eigenvalue weighted by Gasteiger charge is 2.28. The first kappa shape index (κ1) is 29.2. The predicted molar refractivity (Wildman–Crippen MR) is 218 cm³/mol. The molecule has 11 aromatic rings. The van der Waals surface area contributed by atoms with Crippen molar-refractivity contribution >= 4 is 54.6 Å². The molecule has 0 aliphatic heterocycles. The fourth-order valence-electron chi connectivity index (χ4n) is 8.58. The van der Waals surface area contributed by atoms with Crippen LogP contribution < -0.4 is 4.98 Å². The summed E-state index contributed by atoms with van der Waals surface area (Å²) in [6, 6.07) is 57.5. The summed E-state index contributed by atoms with van der Waals surface area (Å²) in [7, 11) is 0. The number of nitrogens with one attached hydrogen (secondary N) is 1. The second kappa shape index (κ2) is 11.1. The highest BCUT2D eigenvalue weighted by atomic mass is 16.3. The molecule has 0 atom stereocenters. The first-order valence-electron chi connectivity index (χ1n) is 18.2. The third-order valence-electron chi connectivity index (χ3n) is 11.0. The van der Waals surface area contributed by atoms with Gasteiger partial charge in [-0.25, -0.2) is 4.98 Å². The molecular formula is C49H29N3O2+2. The van der Waals surface area contributed by atoms with Crippen molar-refractivity contribution in [3.8, 4) is 67.5 Å². The smallest absolute Gasteiger partial charge is 0.308 e. The molecule has 0 bridgehead atoms. The second-order valence-electron chi connectivity index (χ2n) is 14.0. The van der Waals surface area contributed by atoms with Crippen LogP contribution >= 0.6 is 0 Å². The largest absolute Gasteiger partial charge is 0.545 e. The predicted octanol–water partition coefficient (Wildman–Crippen LogP) is 12.7. The van der Waals surface area contributed by atoms with Crippen LogP contribution in [0.25, 0.3) is 122 Å². The molecule has 0 saturated heterocycles. The van der Waals surface area contributed by atoms with Gasteiger partial charge in [0, 0.05) is 22.9 Å². The molecule has 0 spiro atoms. The van der Waals surface area contributed by atoms with Crippen LogP contribution in [0.4, 0.5) is 0 Å². The second-order valence-corrected chi connectivity index (χ2v) is 14.0. The quantitative estimate of drug-likeness (QED) is 0.173. The molecule has 1 aliphatic rings. The molecule has 0 saturated carbocycles. The average molecular weight is 692 g/mol. The summed E-state index contributed by atoms with van der Waals surface area (Å²) in [5, 5.41) is 6.91. The van der Waals surface area contributed by atoms with Crippen molar-refractivity contribution in [1.29, 1.82) is 0 Å². The van der Waals surface area contributed by atoms with Gasteiger partial charge in [0.1, 0.15) is 16.6 Å². The van der Waals surface area contributed by atoms with Gasteiger partial charge in [0.2, 0.25) is 0 Å². The summed E-state index contributed by atoms with van der Waals surface area (Å²) in [5.74, 6) is 2.06. The van der Waals surface area contributed by atoms with Gasteiger partial charge in [-0.2, -0.15) is 0 Å².